The molecule has 1 fully saturated rings. The van der Waals surface area contributed by atoms with Gasteiger partial charge in [-0.15, -0.1) is 0 Å². The molecule has 2 aliphatic rings. The molecule has 2 aliphatic heterocycles. The maximum absolute atomic E-state index is 15.4. The third-order valence-electron chi connectivity index (χ3n) is 8.03. The highest BCUT2D eigenvalue weighted by Gasteiger charge is 2.34. The molecule has 5 heterocycles. The SMILES string of the molecule is C=CC(=O)N1CCN(c2nc(=O)n(-c3c(C)ccnc3C(C)C)c3c4c(c(Cl)cc23)-c2c(ncc(F)c2F)CO4)[C@@H](C)C1. The molecule has 6 rings (SSSR count). The van der Waals surface area contributed by atoms with Crippen molar-refractivity contribution in [3.63, 3.8) is 0 Å². The van der Waals surface area contributed by atoms with Crippen molar-refractivity contribution in [2.75, 3.05) is 24.5 Å². The molecule has 0 spiro atoms. The Balaban J connectivity index is 1.71. The monoisotopic (exact) mass is 606 g/mol. The summed E-state index contributed by atoms with van der Waals surface area (Å²) in [7, 11) is 0. The molecule has 43 heavy (non-hydrogen) atoms. The van der Waals surface area contributed by atoms with E-state index in [1.54, 1.807) is 23.2 Å². The van der Waals surface area contributed by atoms with Crippen molar-refractivity contribution < 1.29 is 18.3 Å². The highest BCUT2D eigenvalue weighted by molar-refractivity contribution is 6.35. The van der Waals surface area contributed by atoms with Gasteiger partial charge in [-0.2, -0.15) is 4.98 Å². The molecular formula is C31H29ClF2N6O3. The van der Waals surface area contributed by atoms with Gasteiger partial charge in [-0.05, 0) is 43.5 Å². The smallest absolute Gasteiger partial charge is 0.354 e. The van der Waals surface area contributed by atoms with Crippen LogP contribution in [0, 0.1) is 18.6 Å². The van der Waals surface area contributed by atoms with E-state index in [0.29, 0.717) is 47.7 Å². The molecule has 12 heteroatoms. The zero-order chi connectivity index (χ0) is 30.7. The van der Waals surface area contributed by atoms with E-state index in [1.165, 1.54) is 10.6 Å². The number of carbonyl (C=O) groups excluding carboxylic acids is 1. The molecule has 0 unspecified atom stereocenters. The Morgan fingerprint density at radius 3 is 2.70 bits per heavy atom. The predicted octanol–water partition coefficient (Wildman–Crippen LogP) is 5.32. The Bertz CT molecular complexity index is 1890. The summed E-state index contributed by atoms with van der Waals surface area (Å²) in [5, 5.41) is 0.563. The van der Waals surface area contributed by atoms with Crippen LogP contribution in [0.15, 0.2) is 42.0 Å². The Morgan fingerprint density at radius 2 is 2.00 bits per heavy atom. The molecule has 0 saturated carbocycles. The van der Waals surface area contributed by atoms with Gasteiger partial charge in [0.1, 0.15) is 17.9 Å². The Morgan fingerprint density at radius 1 is 1.23 bits per heavy atom. The van der Waals surface area contributed by atoms with E-state index in [0.717, 1.165) is 11.8 Å². The molecule has 1 aromatic carbocycles. The van der Waals surface area contributed by atoms with Gasteiger partial charge in [-0.1, -0.05) is 32.0 Å². The number of carbonyl (C=O) groups is 1. The van der Waals surface area contributed by atoms with Gasteiger partial charge in [0.15, 0.2) is 17.4 Å². The summed E-state index contributed by atoms with van der Waals surface area (Å²) in [5.74, 6) is -2.00. The summed E-state index contributed by atoms with van der Waals surface area (Å²) in [4.78, 5) is 43.3. The molecule has 1 saturated heterocycles. The van der Waals surface area contributed by atoms with E-state index in [-0.39, 0.29) is 52.1 Å². The fourth-order valence-electron chi connectivity index (χ4n) is 6.00. The van der Waals surface area contributed by atoms with E-state index < -0.39 is 17.3 Å². The topological polar surface area (TPSA) is 93.5 Å². The molecular weight excluding hydrogens is 578 g/mol. The van der Waals surface area contributed by atoms with E-state index in [4.69, 9.17) is 16.3 Å². The quantitative estimate of drug-likeness (QED) is 0.290. The second-order valence-corrected chi connectivity index (χ2v) is 11.5. The number of anilines is 1. The van der Waals surface area contributed by atoms with Gasteiger partial charge in [-0.3, -0.25) is 19.3 Å². The van der Waals surface area contributed by atoms with Crippen LogP contribution in [0.5, 0.6) is 5.75 Å². The minimum Gasteiger partial charge on any atom is -0.484 e. The number of fused-ring (bicyclic) bond motifs is 5. The molecule has 0 radical (unpaired) electrons. The number of hydrogen-bond donors (Lipinski definition) is 0. The average Bonchev–Trinajstić information content (AvgIpc) is 2.98. The molecule has 4 aromatic rings. The van der Waals surface area contributed by atoms with Crippen LogP contribution < -0.4 is 15.3 Å². The summed E-state index contributed by atoms with van der Waals surface area (Å²) in [5.41, 5.74) is 1.83. The van der Waals surface area contributed by atoms with Gasteiger partial charge >= 0.3 is 5.69 Å². The van der Waals surface area contributed by atoms with Crippen molar-refractivity contribution >= 4 is 34.2 Å². The van der Waals surface area contributed by atoms with Crippen LogP contribution in [0.3, 0.4) is 0 Å². The van der Waals surface area contributed by atoms with Crippen molar-refractivity contribution in [3.05, 3.63) is 81.3 Å². The number of ether oxygens (including phenoxy) is 1. The fraction of sp³-hybridized carbons (Fsp3) is 0.323. The zero-order valence-corrected chi connectivity index (χ0v) is 24.9. The van der Waals surface area contributed by atoms with Crippen molar-refractivity contribution in [3.8, 4) is 22.6 Å². The van der Waals surface area contributed by atoms with Gasteiger partial charge in [0.25, 0.3) is 0 Å². The molecule has 222 valence electrons. The summed E-state index contributed by atoms with van der Waals surface area (Å²) in [6.45, 7) is 12.3. The summed E-state index contributed by atoms with van der Waals surface area (Å²) in [6.07, 6.45) is 3.76. The number of aromatic nitrogens is 4. The fourth-order valence-corrected chi connectivity index (χ4v) is 6.29. The standard InChI is InChI=1S/C31H29ClF2N6O3/c1-6-22(41)38-9-10-39(17(5)13-38)30-18-11-19(32)23-24-21(36-12-20(33)25(24)34)14-43-29(23)28(18)40(31(42)37-30)27-16(4)7-8-35-26(27)15(2)3/h6-8,11-12,15,17H,1,9-10,13-14H2,2-5H3/t17-/m0/s1. The van der Waals surface area contributed by atoms with E-state index in [2.05, 4.69) is 21.5 Å². The van der Waals surface area contributed by atoms with Crippen LogP contribution in [-0.2, 0) is 11.4 Å². The number of rotatable bonds is 4. The van der Waals surface area contributed by atoms with Crippen LogP contribution >= 0.6 is 11.6 Å². The van der Waals surface area contributed by atoms with Gasteiger partial charge < -0.3 is 14.5 Å². The minimum atomic E-state index is -1.12. The van der Waals surface area contributed by atoms with Gasteiger partial charge in [0.2, 0.25) is 5.91 Å². The first-order valence-electron chi connectivity index (χ1n) is 13.9. The van der Waals surface area contributed by atoms with Crippen LogP contribution in [0.4, 0.5) is 14.6 Å². The second-order valence-electron chi connectivity index (χ2n) is 11.1. The molecule has 1 atom stereocenters. The van der Waals surface area contributed by atoms with Crippen molar-refractivity contribution in [1.82, 2.24) is 24.4 Å². The first kappa shape index (κ1) is 28.7. The molecule has 3 aromatic heterocycles. The summed E-state index contributed by atoms with van der Waals surface area (Å²) in [6, 6.07) is 3.18. The minimum absolute atomic E-state index is 0.0625. The van der Waals surface area contributed by atoms with Crippen molar-refractivity contribution in [2.45, 2.75) is 46.3 Å². The summed E-state index contributed by atoms with van der Waals surface area (Å²) < 4.78 is 37.5. The lowest BCUT2D eigenvalue weighted by atomic mass is 9.97. The van der Waals surface area contributed by atoms with E-state index >= 15 is 4.39 Å². The Hall–Kier alpha value is -4.38. The molecule has 9 nitrogen and oxygen atoms in total. The molecule has 0 aliphatic carbocycles. The number of halogens is 3. The van der Waals surface area contributed by atoms with Crippen molar-refractivity contribution in [1.29, 1.82) is 0 Å². The number of pyridine rings is 2. The Kier molecular flexibility index (Phi) is 7.16. The van der Waals surface area contributed by atoms with Crippen LogP contribution in [0.1, 0.15) is 43.6 Å². The van der Waals surface area contributed by atoms with E-state index in [9.17, 15) is 14.0 Å². The number of hydrogen-bond acceptors (Lipinski definition) is 7. The first-order valence-corrected chi connectivity index (χ1v) is 14.3. The van der Waals surface area contributed by atoms with Gasteiger partial charge in [0, 0.05) is 42.8 Å². The highest BCUT2D eigenvalue weighted by Crippen LogP contribution is 2.49. The van der Waals surface area contributed by atoms with Crippen LogP contribution in [-0.4, -0.2) is 56.0 Å². The number of aryl methyl sites for hydroxylation is 1. The third kappa shape index (κ3) is 4.53. The second kappa shape index (κ2) is 10.7. The van der Waals surface area contributed by atoms with Crippen LogP contribution in [0.2, 0.25) is 5.02 Å². The lowest BCUT2D eigenvalue weighted by Gasteiger charge is -2.40. The first-order chi connectivity index (χ1) is 20.5. The number of amides is 1. The maximum Gasteiger partial charge on any atom is 0.354 e. The van der Waals surface area contributed by atoms with Gasteiger partial charge in [0.05, 0.1) is 33.9 Å². The normalized spacial score (nSPS) is 16.2. The highest BCUT2D eigenvalue weighted by atomic mass is 35.5. The summed E-state index contributed by atoms with van der Waals surface area (Å²) >= 11 is 6.85. The lowest BCUT2D eigenvalue weighted by molar-refractivity contribution is -0.126. The van der Waals surface area contributed by atoms with Crippen LogP contribution in [0.25, 0.3) is 27.7 Å². The zero-order valence-electron chi connectivity index (χ0n) is 24.1. The predicted molar refractivity (Wildman–Crippen MR) is 160 cm³/mol. The Labute approximate surface area is 251 Å². The van der Waals surface area contributed by atoms with Gasteiger partial charge in [-0.25, -0.2) is 13.6 Å². The molecule has 1 amide bonds. The number of benzene rings is 1. The molecule has 0 N–H and O–H groups in total. The van der Waals surface area contributed by atoms with E-state index in [1.807, 2.05) is 32.6 Å². The lowest BCUT2D eigenvalue weighted by Crippen LogP contribution is -2.54. The third-order valence-corrected chi connectivity index (χ3v) is 8.33. The molecule has 0 bridgehead atoms. The maximum atomic E-state index is 15.4. The largest absolute Gasteiger partial charge is 0.484 e. The number of piperazine rings is 1. The average molecular weight is 607 g/mol. The number of nitrogens with zero attached hydrogens (tertiary/aromatic N) is 6. The van der Waals surface area contributed by atoms with Crippen molar-refractivity contribution in [2.24, 2.45) is 0 Å².